The highest BCUT2D eigenvalue weighted by Gasteiger charge is 2.29. The maximum Gasteiger partial charge on any atom is 0.253 e. The van der Waals surface area contributed by atoms with E-state index in [1.165, 1.54) is 0 Å². The quantitative estimate of drug-likeness (QED) is 0.727. The average molecular weight is 349 g/mol. The summed E-state index contributed by atoms with van der Waals surface area (Å²) in [4.78, 5) is 19.3. The van der Waals surface area contributed by atoms with Crippen LogP contribution in [0.25, 0.3) is 10.9 Å². The summed E-state index contributed by atoms with van der Waals surface area (Å²) in [5.41, 5.74) is 1.63. The molecule has 0 radical (unpaired) electrons. The molecule has 4 rings (SSSR count). The summed E-state index contributed by atoms with van der Waals surface area (Å²) in [6.07, 6.45) is 5.58. The highest BCUT2D eigenvalue weighted by atomic mass is 16.2. The van der Waals surface area contributed by atoms with Crippen molar-refractivity contribution in [2.45, 2.75) is 38.6 Å². The molecule has 0 bridgehead atoms. The minimum Gasteiger partial charge on any atom is -0.338 e. The smallest absolute Gasteiger partial charge is 0.253 e. The second-order valence-corrected chi connectivity index (χ2v) is 7.19. The van der Waals surface area contributed by atoms with Crippen LogP contribution in [0.3, 0.4) is 0 Å². The number of nitrogens with zero attached hydrogens (tertiary/aromatic N) is 5. The van der Waals surface area contributed by atoms with Crippen molar-refractivity contribution in [3.05, 3.63) is 54.2 Å². The molecule has 1 amide bonds. The summed E-state index contributed by atoms with van der Waals surface area (Å²) in [6, 6.07) is 9.93. The van der Waals surface area contributed by atoms with Crippen molar-refractivity contribution in [3.63, 3.8) is 0 Å². The SMILES string of the molecule is CC(C)n1cnnc1C1CCCN(C(=O)c2ccc3ncccc3c2)C1. The lowest BCUT2D eigenvalue weighted by Gasteiger charge is -2.33. The minimum absolute atomic E-state index is 0.0797. The Kier molecular flexibility index (Phi) is 4.41. The van der Waals surface area contributed by atoms with Gasteiger partial charge in [-0.2, -0.15) is 0 Å². The molecule has 0 aliphatic carbocycles. The fourth-order valence-corrected chi connectivity index (χ4v) is 3.71. The van der Waals surface area contributed by atoms with Gasteiger partial charge in [0.05, 0.1) is 5.52 Å². The number of pyridine rings is 1. The average Bonchev–Trinajstić information content (AvgIpc) is 3.17. The van der Waals surface area contributed by atoms with Crippen molar-refractivity contribution in [2.75, 3.05) is 13.1 Å². The number of piperidine rings is 1. The van der Waals surface area contributed by atoms with Crippen LogP contribution >= 0.6 is 0 Å². The molecule has 1 aliphatic heterocycles. The molecule has 134 valence electrons. The molecule has 2 aromatic heterocycles. The van der Waals surface area contributed by atoms with E-state index in [0.29, 0.717) is 12.6 Å². The molecule has 3 aromatic rings. The van der Waals surface area contributed by atoms with Crippen LogP contribution in [0.4, 0.5) is 0 Å². The first-order valence-electron chi connectivity index (χ1n) is 9.17. The van der Waals surface area contributed by atoms with Gasteiger partial charge in [0.15, 0.2) is 0 Å². The maximum atomic E-state index is 13.0. The Balaban J connectivity index is 1.56. The van der Waals surface area contributed by atoms with Gasteiger partial charge in [-0.15, -0.1) is 10.2 Å². The molecular weight excluding hydrogens is 326 g/mol. The number of hydrogen-bond acceptors (Lipinski definition) is 4. The second-order valence-electron chi connectivity index (χ2n) is 7.19. The van der Waals surface area contributed by atoms with Gasteiger partial charge in [-0.3, -0.25) is 9.78 Å². The molecule has 0 N–H and O–H groups in total. The zero-order valence-electron chi connectivity index (χ0n) is 15.2. The molecular formula is C20H23N5O. The number of rotatable bonds is 3. The molecule has 1 aliphatic rings. The summed E-state index contributed by atoms with van der Waals surface area (Å²) >= 11 is 0. The number of amides is 1. The lowest BCUT2D eigenvalue weighted by atomic mass is 9.96. The number of hydrogen-bond donors (Lipinski definition) is 0. The summed E-state index contributed by atoms with van der Waals surface area (Å²) < 4.78 is 2.11. The zero-order chi connectivity index (χ0) is 18.1. The molecule has 0 spiro atoms. The largest absolute Gasteiger partial charge is 0.338 e. The number of likely N-dealkylation sites (tertiary alicyclic amines) is 1. The van der Waals surface area contributed by atoms with Gasteiger partial charge < -0.3 is 9.47 Å². The summed E-state index contributed by atoms with van der Waals surface area (Å²) in [7, 11) is 0. The van der Waals surface area contributed by atoms with Gasteiger partial charge in [0.25, 0.3) is 5.91 Å². The van der Waals surface area contributed by atoms with Crippen LogP contribution < -0.4 is 0 Å². The normalized spacial score (nSPS) is 17.8. The molecule has 3 heterocycles. The summed E-state index contributed by atoms with van der Waals surface area (Å²) in [5, 5.41) is 9.41. The molecule has 1 fully saturated rings. The molecule has 0 saturated carbocycles. The van der Waals surface area contributed by atoms with Crippen molar-refractivity contribution >= 4 is 16.8 Å². The number of aromatic nitrogens is 4. The van der Waals surface area contributed by atoms with E-state index in [4.69, 9.17) is 0 Å². The Hall–Kier alpha value is -2.76. The van der Waals surface area contributed by atoms with Crippen LogP contribution in [0.2, 0.25) is 0 Å². The molecule has 1 aromatic carbocycles. The lowest BCUT2D eigenvalue weighted by Crippen LogP contribution is -2.39. The third-order valence-corrected chi connectivity index (χ3v) is 5.08. The van der Waals surface area contributed by atoms with Crippen molar-refractivity contribution in [1.82, 2.24) is 24.6 Å². The number of benzene rings is 1. The van der Waals surface area contributed by atoms with Crippen molar-refractivity contribution in [2.24, 2.45) is 0 Å². The van der Waals surface area contributed by atoms with Gasteiger partial charge in [-0.25, -0.2) is 0 Å². The predicted octanol–water partition coefficient (Wildman–Crippen LogP) is 3.43. The van der Waals surface area contributed by atoms with Gasteiger partial charge in [-0.05, 0) is 51.0 Å². The monoisotopic (exact) mass is 349 g/mol. The van der Waals surface area contributed by atoms with E-state index in [9.17, 15) is 4.79 Å². The number of fused-ring (bicyclic) bond motifs is 1. The summed E-state index contributed by atoms with van der Waals surface area (Å²) in [6.45, 7) is 5.73. The first kappa shape index (κ1) is 16.7. The van der Waals surface area contributed by atoms with Crippen LogP contribution in [0.5, 0.6) is 0 Å². The van der Waals surface area contributed by atoms with E-state index >= 15 is 0 Å². The van der Waals surface area contributed by atoms with Crippen molar-refractivity contribution in [3.8, 4) is 0 Å². The van der Waals surface area contributed by atoms with Crippen LogP contribution in [0.1, 0.15) is 54.8 Å². The van der Waals surface area contributed by atoms with E-state index in [-0.39, 0.29) is 11.8 Å². The predicted molar refractivity (Wildman–Crippen MR) is 100 cm³/mol. The Bertz CT molecular complexity index is 933. The number of carbonyl (C=O) groups excluding carboxylic acids is 1. The Morgan fingerprint density at radius 1 is 1.27 bits per heavy atom. The molecule has 1 unspecified atom stereocenters. The third-order valence-electron chi connectivity index (χ3n) is 5.08. The van der Waals surface area contributed by atoms with Gasteiger partial charge in [0.1, 0.15) is 12.2 Å². The lowest BCUT2D eigenvalue weighted by molar-refractivity contribution is 0.0703. The Morgan fingerprint density at radius 3 is 3.00 bits per heavy atom. The van der Waals surface area contributed by atoms with Crippen molar-refractivity contribution < 1.29 is 4.79 Å². The first-order valence-corrected chi connectivity index (χ1v) is 9.17. The van der Waals surface area contributed by atoms with E-state index in [1.54, 1.807) is 12.5 Å². The Morgan fingerprint density at radius 2 is 2.15 bits per heavy atom. The molecule has 1 saturated heterocycles. The minimum atomic E-state index is 0.0797. The molecule has 6 heteroatoms. The third kappa shape index (κ3) is 3.07. The van der Waals surface area contributed by atoms with Gasteiger partial charge in [0.2, 0.25) is 0 Å². The fraction of sp³-hybridized carbons (Fsp3) is 0.400. The van der Waals surface area contributed by atoms with Gasteiger partial charge in [0, 0.05) is 42.2 Å². The molecule has 6 nitrogen and oxygen atoms in total. The summed E-state index contributed by atoms with van der Waals surface area (Å²) in [5.74, 6) is 1.30. The van der Waals surface area contributed by atoms with Crippen LogP contribution in [-0.4, -0.2) is 43.6 Å². The standard InChI is InChI=1S/C20H23N5O/c1-14(2)25-13-22-23-19(25)17-6-4-10-24(12-17)20(26)16-7-8-18-15(11-16)5-3-9-21-18/h3,5,7-9,11,13-14,17H,4,6,10,12H2,1-2H3. The van der Waals surface area contributed by atoms with Crippen LogP contribution in [-0.2, 0) is 0 Å². The van der Waals surface area contributed by atoms with E-state index in [2.05, 4.69) is 33.6 Å². The van der Waals surface area contributed by atoms with Crippen LogP contribution in [0.15, 0.2) is 42.9 Å². The second kappa shape index (κ2) is 6.86. The molecule has 26 heavy (non-hydrogen) atoms. The van der Waals surface area contributed by atoms with Gasteiger partial charge in [-0.1, -0.05) is 6.07 Å². The highest BCUT2D eigenvalue weighted by molar-refractivity contribution is 5.98. The fourth-order valence-electron chi connectivity index (χ4n) is 3.71. The highest BCUT2D eigenvalue weighted by Crippen LogP contribution is 2.28. The topological polar surface area (TPSA) is 63.9 Å². The van der Waals surface area contributed by atoms with Crippen LogP contribution in [0, 0.1) is 0 Å². The van der Waals surface area contributed by atoms with Crippen molar-refractivity contribution in [1.29, 1.82) is 0 Å². The van der Waals surface area contributed by atoms with E-state index < -0.39 is 0 Å². The Labute approximate surface area is 152 Å². The molecule has 1 atom stereocenters. The maximum absolute atomic E-state index is 13.0. The van der Waals surface area contributed by atoms with E-state index in [1.807, 2.05) is 35.2 Å². The van der Waals surface area contributed by atoms with E-state index in [0.717, 1.165) is 41.7 Å². The first-order chi connectivity index (χ1) is 12.6. The van der Waals surface area contributed by atoms with Gasteiger partial charge >= 0.3 is 0 Å². The number of carbonyl (C=O) groups is 1. The zero-order valence-corrected chi connectivity index (χ0v) is 15.2.